The van der Waals surface area contributed by atoms with Gasteiger partial charge in [-0.05, 0) is 37.0 Å². The molecule has 0 unspecified atom stereocenters. The van der Waals surface area contributed by atoms with Crippen LogP contribution in [0, 0.1) is 11.3 Å². The largest absolute Gasteiger partial charge is 0.481 e. The highest BCUT2D eigenvalue weighted by Gasteiger charge is 2.45. The van der Waals surface area contributed by atoms with E-state index in [-0.39, 0.29) is 12.5 Å². The zero-order chi connectivity index (χ0) is 13.6. The van der Waals surface area contributed by atoms with Gasteiger partial charge in [-0.25, -0.2) is 4.79 Å². The molecule has 104 valence electrons. The predicted molar refractivity (Wildman–Crippen MR) is 69.4 cm³/mol. The molecule has 18 heavy (non-hydrogen) atoms. The molecule has 1 aliphatic carbocycles. The summed E-state index contributed by atoms with van der Waals surface area (Å²) >= 11 is 0. The Morgan fingerprint density at radius 3 is 2.39 bits per heavy atom. The quantitative estimate of drug-likeness (QED) is 0.581. The highest BCUT2D eigenvalue weighted by Crippen LogP contribution is 2.51. The van der Waals surface area contributed by atoms with Crippen molar-refractivity contribution in [1.29, 1.82) is 0 Å². The number of urea groups is 1. The molecule has 5 heteroatoms. The number of unbranched alkanes of at least 4 members (excludes halogenated alkanes) is 1. The van der Waals surface area contributed by atoms with Crippen LogP contribution in [-0.4, -0.2) is 30.2 Å². The fraction of sp³-hybridized carbons (Fsp3) is 0.846. The van der Waals surface area contributed by atoms with E-state index in [0.717, 1.165) is 6.54 Å². The van der Waals surface area contributed by atoms with Gasteiger partial charge < -0.3 is 15.7 Å². The summed E-state index contributed by atoms with van der Waals surface area (Å²) in [6, 6.07) is -0.141. The summed E-state index contributed by atoms with van der Waals surface area (Å²) in [6.45, 7) is 5.66. The average Bonchev–Trinajstić information content (AvgIpc) is 3.06. The van der Waals surface area contributed by atoms with Crippen molar-refractivity contribution in [1.82, 2.24) is 10.6 Å². The van der Waals surface area contributed by atoms with E-state index in [4.69, 9.17) is 5.11 Å². The number of carboxylic acids is 1. The van der Waals surface area contributed by atoms with Crippen LogP contribution in [0.1, 0.15) is 46.0 Å². The Balaban J connectivity index is 2.03. The molecule has 3 N–H and O–H groups in total. The van der Waals surface area contributed by atoms with Gasteiger partial charge in [-0.3, -0.25) is 4.79 Å². The highest BCUT2D eigenvalue weighted by molar-refractivity contribution is 5.73. The summed E-state index contributed by atoms with van der Waals surface area (Å²) in [7, 11) is 0. The first-order valence-electron chi connectivity index (χ1n) is 6.70. The minimum Gasteiger partial charge on any atom is -0.481 e. The lowest BCUT2D eigenvalue weighted by Gasteiger charge is -2.20. The maximum Gasteiger partial charge on any atom is 0.314 e. The Bertz CT molecular complexity index is 299. The molecule has 0 aromatic carbocycles. The van der Waals surface area contributed by atoms with Gasteiger partial charge >= 0.3 is 12.0 Å². The first-order chi connectivity index (χ1) is 8.46. The van der Waals surface area contributed by atoms with Crippen molar-refractivity contribution in [3.63, 3.8) is 0 Å². The third-order valence-electron chi connectivity index (χ3n) is 3.82. The van der Waals surface area contributed by atoms with Gasteiger partial charge in [-0.15, -0.1) is 0 Å². The van der Waals surface area contributed by atoms with Crippen LogP contribution in [0.15, 0.2) is 0 Å². The van der Waals surface area contributed by atoms with Crippen molar-refractivity contribution in [3.8, 4) is 0 Å². The standard InChI is InChI=1S/C13H24N2O3/c1-10(2)13(6-7-13)9-15-12(18)14-8-4-3-5-11(16)17/h10H,3-9H2,1-2H3,(H,16,17)(H2,14,15,18). The lowest BCUT2D eigenvalue weighted by molar-refractivity contribution is -0.137. The van der Waals surface area contributed by atoms with Crippen molar-refractivity contribution in [2.45, 2.75) is 46.0 Å². The van der Waals surface area contributed by atoms with Crippen molar-refractivity contribution >= 4 is 12.0 Å². The summed E-state index contributed by atoms with van der Waals surface area (Å²) in [5.74, 6) is -0.180. The predicted octanol–water partition coefficient (Wildman–Crippen LogP) is 1.98. The number of amides is 2. The second-order valence-electron chi connectivity index (χ2n) is 5.48. The van der Waals surface area contributed by atoms with E-state index >= 15 is 0 Å². The lowest BCUT2D eigenvalue weighted by atomic mass is 9.92. The number of carbonyl (C=O) groups is 2. The molecule has 2 amide bonds. The van der Waals surface area contributed by atoms with Crippen LogP contribution in [0.3, 0.4) is 0 Å². The molecule has 0 aromatic rings. The van der Waals surface area contributed by atoms with Crippen LogP contribution in [-0.2, 0) is 4.79 Å². The van der Waals surface area contributed by atoms with E-state index in [1.54, 1.807) is 0 Å². The van der Waals surface area contributed by atoms with Gasteiger partial charge in [-0.1, -0.05) is 13.8 Å². The molecule has 0 heterocycles. The van der Waals surface area contributed by atoms with Crippen LogP contribution in [0.2, 0.25) is 0 Å². The third kappa shape index (κ3) is 4.94. The minimum absolute atomic E-state index is 0.141. The maximum atomic E-state index is 11.5. The number of carboxylic acid groups (broad SMARTS) is 1. The molecule has 0 bridgehead atoms. The van der Waals surface area contributed by atoms with E-state index in [2.05, 4.69) is 24.5 Å². The number of aliphatic carboxylic acids is 1. The second kappa shape index (κ2) is 6.61. The summed E-state index contributed by atoms with van der Waals surface area (Å²) in [6.07, 6.45) is 3.87. The number of nitrogens with one attached hydrogen (secondary N) is 2. The molecule has 0 saturated heterocycles. The average molecular weight is 256 g/mol. The van der Waals surface area contributed by atoms with Crippen LogP contribution < -0.4 is 10.6 Å². The van der Waals surface area contributed by atoms with Gasteiger partial charge in [0, 0.05) is 19.5 Å². The molecule has 0 radical (unpaired) electrons. The Morgan fingerprint density at radius 1 is 1.22 bits per heavy atom. The van der Waals surface area contributed by atoms with Gasteiger partial charge in [-0.2, -0.15) is 0 Å². The molecule has 0 spiro atoms. The molecule has 5 nitrogen and oxygen atoms in total. The number of carbonyl (C=O) groups excluding carboxylic acids is 1. The molecule has 0 aromatic heterocycles. The lowest BCUT2D eigenvalue weighted by Crippen LogP contribution is -2.40. The van der Waals surface area contributed by atoms with E-state index in [9.17, 15) is 9.59 Å². The monoisotopic (exact) mass is 256 g/mol. The maximum absolute atomic E-state index is 11.5. The Kier molecular flexibility index (Phi) is 5.44. The van der Waals surface area contributed by atoms with Gasteiger partial charge in [0.15, 0.2) is 0 Å². The van der Waals surface area contributed by atoms with Crippen LogP contribution in [0.4, 0.5) is 4.79 Å². The summed E-state index contributed by atoms with van der Waals surface area (Å²) in [5.41, 5.74) is 0.320. The van der Waals surface area contributed by atoms with Gasteiger partial charge in [0.25, 0.3) is 0 Å². The van der Waals surface area contributed by atoms with E-state index in [0.29, 0.717) is 30.7 Å². The van der Waals surface area contributed by atoms with Crippen molar-refractivity contribution < 1.29 is 14.7 Å². The molecule has 1 fully saturated rings. The molecule has 1 rings (SSSR count). The van der Waals surface area contributed by atoms with Crippen LogP contribution in [0.5, 0.6) is 0 Å². The highest BCUT2D eigenvalue weighted by atomic mass is 16.4. The molecular weight excluding hydrogens is 232 g/mol. The van der Waals surface area contributed by atoms with Crippen molar-refractivity contribution in [2.75, 3.05) is 13.1 Å². The fourth-order valence-corrected chi connectivity index (χ4v) is 2.04. The number of hydrogen-bond acceptors (Lipinski definition) is 2. The van der Waals surface area contributed by atoms with Gasteiger partial charge in [0.05, 0.1) is 0 Å². The molecule has 1 aliphatic rings. The first kappa shape index (κ1) is 14.8. The zero-order valence-electron chi connectivity index (χ0n) is 11.3. The summed E-state index contributed by atoms with van der Waals surface area (Å²) in [5, 5.41) is 14.1. The SMILES string of the molecule is CC(C)C1(CNC(=O)NCCCCC(=O)O)CC1. The molecule has 1 saturated carbocycles. The Hall–Kier alpha value is -1.26. The number of hydrogen-bond donors (Lipinski definition) is 3. The van der Waals surface area contributed by atoms with E-state index < -0.39 is 5.97 Å². The van der Waals surface area contributed by atoms with Crippen molar-refractivity contribution in [2.24, 2.45) is 11.3 Å². The first-order valence-corrected chi connectivity index (χ1v) is 6.70. The fourth-order valence-electron chi connectivity index (χ4n) is 2.04. The van der Waals surface area contributed by atoms with Crippen LogP contribution in [0.25, 0.3) is 0 Å². The second-order valence-corrected chi connectivity index (χ2v) is 5.48. The third-order valence-corrected chi connectivity index (χ3v) is 3.82. The van der Waals surface area contributed by atoms with Gasteiger partial charge in [0.2, 0.25) is 0 Å². The normalized spacial score (nSPS) is 16.4. The Labute approximate surface area is 108 Å². The van der Waals surface area contributed by atoms with E-state index in [1.807, 2.05) is 0 Å². The molecular formula is C13H24N2O3. The summed E-state index contributed by atoms with van der Waals surface area (Å²) in [4.78, 5) is 21.8. The van der Waals surface area contributed by atoms with E-state index in [1.165, 1.54) is 12.8 Å². The minimum atomic E-state index is -0.785. The molecule has 0 atom stereocenters. The zero-order valence-corrected chi connectivity index (χ0v) is 11.3. The summed E-state index contributed by atoms with van der Waals surface area (Å²) < 4.78 is 0. The van der Waals surface area contributed by atoms with Crippen molar-refractivity contribution in [3.05, 3.63) is 0 Å². The topological polar surface area (TPSA) is 78.4 Å². The number of rotatable bonds is 8. The molecule has 0 aliphatic heterocycles. The van der Waals surface area contributed by atoms with Crippen LogP contribution >= 0.6 is 0 Å². The smallest absolute Gasteiger partial charge is 0.314 e. The van der Waals surface area contributed by atoms with Gasteiger partial charge in [0.1, 0.15) is 0 Å². The Morgan fingerprint density at radius 2 is 1.89 bits per heavy atom.